The van der Waals surface area contributed by atoms with E-state index in [0.717, 1.165) is 21.7 Å². The molecule has 1 saturated heterocycles. The number of nitrogens with zero attached hydrogens (tertiary/aromatic N) is 3. The second-order valence-corrected chi connectivity index (χ2v) is 9.23. The third kappa shape index (κ3) is 3.84. The van der Waals surface area contributed by atoms with E-state index in [1.54, 1.807) is 12.1 Å². The van der Waals surface area contributed by atoms with Crippen molar-refractivity contribution in [2.75, 3.05) is 4.90 Å². The maximum Gasteiger partial charge on any atom is 0.301 e. The van der Waals surface area contributed by atoms with Gasteiger partial charge in [0.25, 0.3) is 5.78 Å². The number of anilines is 1. The molecule has 0 radical (unpaired) electrons. The molecule has 1 fully saturated rings. The summed E-state index contributed by atoms with van der Waals surface area (Å²) >= 11 is 1.28. The van der Waals surface area contributed by atoms with Gasteiger partial charge in [-0.2, -0.15) is 0 Å². The molecule has 1 amide bonds. The first kappa shape index (κ1) is 21.9. The first-order valence-electron chi connectivity index (χ1n) is 10.6. The molecule has 1 atom stereocenters. The highest BCUT2D eigenvalue weighted by atomic mass is 32.1. The van der Waals surface area contributed by atoms with E-state index in [1.165, 1.54) is 16.2 Å². The quantitative estimate of drug-likeness (QED) is 0.332. The minimum Gasteiger partial charge on any atom is -0.507 e. The van der Waals surface area contributed by atoms with Crippen LogP contribution in [0.15, 0.2) is 54.1 Å². The molecule has 6 nitrogen and oxygen atoms in total. The fourth-order valence-corrected chi connectivity index (χ4v) is 4.57. The summed E-state index contributed by atoms with van der Waals surface area (Å²) in [4.78, 5) is 27.7. The van der Waals surface area contributed by atoms with Crippen molar-refractivity contribution >= 4 is 33.9 Å². The molecule has 164 valence electrons. The number of hydrogen-bond donors (Lipinski definition) is 1. The molecule has 3 aromatic rings. The highest BCUT2D eigenvalue weighted by Crippen LogP contribution is 2.43. The predicted molar refractivity (Wildman–Crippen MR) is 126 cm³/mol. The molecule has 0 bridgehead atoms. The van der Waals surface area contributed by atoms with Crippen LogP contribution in [-0.4, -0.2) is 27.0 Å². The molecule has 0 saturated carbocycles. The third-order valence-corrected chi connectivity index (χ3v) is 6.72. The molecule has 4 rings (SSSR count). The summed E-state index contributed by atoms with van der Waals surface area (Å²) in [5.41, 5.74) is 3.46. The van der Waals surface area contributed by atoms with Crippen molar-refractivity contribution in [3.8, 4) is 0 Å². The minimum atomic E-state index is -0.782. The average molecular weight is 448 g/mol. The second kappa shape index (κ2) is 8.67. The molecular formula is C25H25N3O3S. The predicted octanol–water partition coefficient (Wildman–Crippen LogP) is 5.16. The van der Waals surface area contributed by atoms with E-state index in [2.05, 4.69) is 24.0 Å². The van der Waals surface area contributed by atoms with E-state index in [4.69, 9.17) is 0 Å². The van der Waals surface area contributed by atoms with Crippen molar-refractivity contribution in [1.82, 2.24) is 10.2 Å². The zero-order valence-electron chi connectivity index (χ0n) is 18.5. The number of rotatable bonds is 5. The monoisotopic (exact) mass is 447 g/mol. The first-order chi connectivity index (χ1) is 15.3. The van der Waals surface area contributed by atoms with Gasteiger partial charge in [-0.15, -0.1) is 10.2 Å². The lowest BCUT2D eigenvalue weighted by atomic mass is 9.93. The molecule has 1 unspecified atom stereocenters. The Balaban J connectivity index is 1.90. The van der Waals surface area contributed by atoms with Gasteiger partial charge in [-0.25, -0.2) is 0 Å². The highest BCUT2D eigenvalue weighted by Gasteiger charge is 2.48. The van der Waals surface area contributed by atoms with Crippen molar-refractivity contribution in [1.29, 1.82) is 0 Å². The number of aliphatic hydroxyl groups excluding tert-OH is 1. The van der Waals surface area contributed by atoms with E-state index in [-0.39, 0.29) is 11.3 Å². The van der Waals surface area contributed by atoms with E-state index in [1.807, 2.05) is 50.2 Å². The fraction of sp³-hybridized carbons (Fsp3) is 0.280. The Bertz CT molecular complexity index is 1190. The van der Waals surface area contributed by atoms with E-state index in [9.17, 15) is 14.7 Å². The minimum absolute atomic E-state index is 0.0596. The van der Waals surface area contributed by atoms with Crippen LogP contribution in [0.3, 0.4) is 0 Å². The van der Waals surface area contributed by atoms with E-state index < -0.39 is 17.7 Å². The lowest BCUT2D eigenvalue weighted by molar-refractivity contribution is -0.132. The number of amides is 1. The van der Waals surface area contributed by atoms with Gasteiger partial charge in [-0.3, -0.25) is 14.5 Å². The Kier molecular flexibility index (Phi) is 5.93. The fourth-order valence-electron chi connectivity index (χ4n) is 3.76. The largest absolute Gasteiger partial charge is 0.507 e. The Morgan fingerprint density at radius 3 is 2.28 bits per heavy atom. The van der Waals surface area contributed by atoms with Gasteiger partial charge >= 0.3 is 5.91 Å². The summed E-state index contributed by atoms with van der Waals surface area (Å²) < 4.78 is 0. The van der Waals surface area contributed by atoms with Crippen LogP contribution >= 0.6 is 11.3 Å². The molecular weight excluding hydrogens is 422 g/mol. The van der Waals surface area contributed by atoms with Gasteiger partial charge in [0.2, 0.25) is 5.13 Å². The number of aryl methyl sites for hydroxylation is 2. The molecule has 0 aliphatic carbocycles. The van der Waals surface area contributed by atoms with Crippen LogP contribution in [0.4, 0.5) is 5.13 Å². The summed E-state index contributed by atoms with van der Waals surface area (Å²) in [6.07, 6.45) is 0.679. The number of aromatic nitrogens is 2. The van der Waals surface area contributed by atoms with Gasteiger partial charge in [-0.1, -0.05) is 86.2 Å². The average Bonchev–Trinajstić information content (AvgIpc) is 3.36. The standard InChI is InChI=1S/C25H25N3O3S/c1-5-19-26-27-25(32-19)28-21(17-12-10-16(11-13-17)14(2)3)20(23(30)24(28)31)22(29)18-8-6-15(4)7-9-18/h6-14,21,29H,5H2,1-4H3/b22-20+. The van der Waals surface area contributed by atoms with Crippen LogP contribution in [0.1, 0.15) is 60.0 Å². The van der Waals surface area contributed by atoms with Gasteiger partial charge in [0.1, 0.15) is 10.8 Å². The van der Waals surface area contributed by atoms with Gasteiger partial charge in [0.05, 0.1) is 11.6 Å². The second-order valence-electron chi connectivity index (χ2n) is 8.19. The van der Waals surface area contributed by atoms with Crippen molar-refractivity contribution in [3.05, 3.63) is 81.4 Å². The Morgan fingerprint density at radius 1 is 1.06 bits per heavy atom. The van der Waals surface area contributed by atoms with Gasteiger partial charge < -0.3 is 5.11 Å². The van der Waals surface area contributed by atoms with E-state index >= 15 is 0 Å². The van der Waals surface area contributed by atoms with Crippen LogP contribution < -0.4 is 4.90 Å². The number of aliphatic hydroxyl groups is 1. The zero-order chi connectivity index (χ0) is 23.0. The third-order valence-electron chi connectivity index (χ3n) is 5.65. The Hall–Kier alpha value is -3.32. The summed E-state index contributed by atoms with van der Waals surface area (Å²) in [5.74, 6) is -1.29. The Morgan fingerprint density at radius 2 is 1.72 bits per heavy atom. The summed E-state index contributed by atoms with van der Waals surface area (Å²) in [5, 5.41) is 20.6. The maximum absolute atomic E-state index is 13.2. The summed E-state index contributed by atoms with van der Waals surface area (Å²) in [6, 6.07) is 14.2. The normalized spacial score (nSPS) is 18.0. The molecule has 1 aromatic heterocycles. The molecule has 0 spiro atoms. The molecule has 32 heavy (non-hydrogen) atoms. The lowest BCUT2D eigenvalue weighted by Crippen LogP contribution is -2.29. The van der Waals surface area contributed by atoms with Crippen molar-refractivity contribution < 1.29 is 14.7 Å². The van der Waals surface area contributed by atoms with Crippen LogP contribution in [0.2, 0.25) is 0 Å². The Labute approximate surface area is 191 Å². The number of hydrogen-bond acceptors (Lipinski definition) is 6. The molecule has 1 aliphatic rings. The van der Waals surface area contributed by atoms with Crippen molar-refractivity contribution in [2.24, 2.45) is 0 Å². The topological polar surface area (TPSA) is 83.4 Å². The molecule has 7 heteroatoms. The number of benzene rings is 2. The zero-order valence-corrected chi connectivity index (χ0v) is 19.3. The van der Waals surface area contributed by atoms with E-state index in [0.29, 0.717) is 23.0 Å². The maximum atomic E-state index is 13.2. The number of ketones is 1. The number of Topliss-reactive ketones (excluding diaryl/α,β-unsaturated/α-hetero) is 1. The molecule has 1 aliphatic heterocycles. The van der Waals surface area contributed by atoms with Crippen LogP contribution in [0, 0.1) is 6.92 Å². The van der Waals surface area contributed by atoms with Gasteiger partial charge in [-0.05, 0) is 30.4 Å². The van der Waals surface area contributed by atoms with Crippen LogP contribution in [-0.2, 0) is 16.0 Å². The van der Waals surface area contributed by atoms with Crippen molar-refractivity contribution in [3.63, 3.8) is 0 Å². The first-order valence-corrected chi connectivity index (χ1v) is 11.4. The van der Waals surface area contributed by atoms with Gasteiger partial charge in [0.15, 0.2) is 0 Å². The van der Waals surface area contributed by atoms with Crippen molar-refractivity contribution in [2.45, 2.75) is 46.1 Å². The van der Waals surface area contributed by atoms with Crippen LogP contribution in [0.5, 0.6) is 0 Å². The highest BCUT2D eigenvalue weighted by molar-refractivity contribution is 7.15. The summed E-state index contributed by atoms with van der Waals surface area (Å²) in [7, 11) is 0. The molecule has 2 aromatic carbocycles. The number of carbonyl (C=O) groups excluding carboxylic acids is 2. The molecule has 2 heterocycles. The lowest BCUT2D eigenvalue weighted by Gasteiger charge is -2.23. The smallest absolute Gasteiger partial charge is 0.301 e. The number of carbonyl (C=O) groups is 2. The molecule has 1 N–H and O–H groups in total. The van der Waals surface area contributed by atoms with Crippen LogP contribution in [0.25, 0.3) is 5.76 Å². The summed E-state index contributed by atoms with van der Waals surface area (Å²) in [6.45, 7) is 8.11. The SMILES string of the molecule is CCc1nnc(N2C(=O)C(=O)/C(=C(/O)c3ccc(C)cc3)C2c2ccc(C(C)C)cc2)s1. The van der Waals surface area contributed by atoms with Gasteiger partial charge in [0, 0.05) is 5.56 Å².